The fourth-order valence-electron chi connectivity index (χ4n) is 3.71. The lowest BCUT2D eigenvalue weighted by Crippen LogP contribution is -2.31. The first-order valence-corrected chi connectivity index (χ1v) is 12.3. The van der Waals surface area contributed by atoms with Gasteiger partial charge in [0.25, 0.3) is 10.0 Å². The highest BCUT2D eigenvalue weighted by Gasteiger charge is 2.31. The summed E-state index contributed by atoms with van der Waals surface area (Å²) in [7, 11) is -4.03. The Balaban J connectivity index is 1.68. The molecule has 0 amide bonds. The summed E-state index contributed by atoms with van der Waals surface area (Å²) >= 11 is 0. The number of hydrogen-bond acceptors (Lipinski definition) is 4. The van der Waals surface area contributed by atoms with Gasteiger partial charge in [-0.2, -0.15) is 5.10 Å². The van der Waals surface area contributed by atoms with Crippen molar-refractivity contribution in [1.82, 2.24) is 14.8 Å². The highest BCUT2D eigenvalue weighted by Crippen LogP contribution is 2.32. The number of benzene rings is 3. The molecule has 0 saturated carbocycles. The summed E-state index contributed by atoms with van der Waals surface area (Å²) in [5, 5.41) is 4.69. The van der Waals surface area contributed by atoms with Crippen molar-refractivity contribution >= 4 is 15.8 Å². The summed E-state index contributed by atoms with van der Waals surface area (Å²) in [6, 6.07) is 33.5. The molecule has 34 heavy (non-hydrogen) atoms. The van der Waals surface area contributed by atoms with Crippen LogP contribution in [0.25, 0.3) is 16.9 Å². The average molecular weight is 467 g/mol. The topological polar surface area (TPSA) is 68.1 Å². The fraction of sp³-hybridized carbons (Fsp3) is 0.0370. The molecule has 0 aliphatic heterocycles. The molecule has 0 spiro atoms. The van der Waals surface area contributed by atoms with Crippen LogP contribution in [0.1, 0.15) is 5.56 Å². The molecule has 0 bridgehead atoms. The van der Waals surface area contributed by atoms with E-state index in [1.165, 1.54) is 4.31 Å². The van der Waals surface area contributed by atoms with Gasteiger partial charge < -0.3 is 0 Å². The maximum Gasteiger partial charge on any atom is 0.269 e. The van der Waals surface area contributed by atoms with E-state index in [-0.39, 0.29) is 11.4 Å². The molecular formula is C27H22N4O2S. The SMILES string of the molecule is O=S(=O)(c1cn(-c2ccccc2)nc1-c1ccccc1)N(Cc1ccccc1)c1ccccn1. The largest absolute Gasteiger partial charge is 0.269 e. The molecule has 3 aromatic carbocycles. The van der Waals surface area contributed by atoms with Crippen LogP contribution in [0.4, 0.5) is 5.82 Å². The summed E-state index contributed by atoms with van der Waals surface area (Å²) in [6.07, 6.45) is 3.17. The van der Waals surface area contributed by atoms with Gasteiger partial charge in [-0.1, -0.05) is 84.9 Å². The molecule has 2 aromatic heterocycles. The van der Waals surface area contributed by atoms with Crippen LogP contribution in [0.3, 0.4) is 0 Å². The maximum absolute atomic E-state index is 14.2. The first-order valence-electron chi connectivity index (χ1n) is 10.8. The molecule has 2 heterocycles. The molecule has 6 nitrogen and oxygen atoms in total. The van der Waals surface area contributed by atoms with E-state index in [4.69, 9.17) is 5.10 Å². The lowest BCUT2D eigenvalue weighted by Gasteiger charge is -2.23. The number of rotatable bonds is 7. The molecule has 5 aromatic rings. The Kier molecular flexibility index (Phi) is 5.93. The Morgan fingerprint density at radius 1 is 0.735 bits per heavy atom. The van der Waals surface area contributed by atoms with Crippen LogP contribution >= 0.6 is 0 Å². The first-order chi connectivity index (χ1) is 16.6. The van der Waals surface area contributed by atoms with Crippen molar-refractivity contribution in [2.24, 2.45) is 0 Å². The second-order valence-electron chi connectivity index (χ2n) is 7.67. The smallest absolute Gasteiger partial charge is 0.245 e. The molecule has 0 radical (unpaired) electrons. The molecule has 0 unspecified atom stereocenters. The van der Waals surface area contributed by atoms with Crippen molar-refractivity contribution in [3.8, 4) is 16.9 Å². The van der Waals surface area contributed by atoms with Crippen molar-refractivity contribution < 1.29 is 8.42 Å². The lowest BCUT2D eigenvalue weighted by molar-refractivity contribution is 0.590. The molecule has 7 heteroatoms. The van der Waals surface area contributed by atoms with Crippen molar-refractivity contribution in [2.75, 3.05) is 4.31 Å². The van der Waals surface area contributed by atoms with Crippen LogP contribution in [0.2, 0.25) is 0 Å². The second kappa shape index (κ2) is 9.33. The second-order valence-corrected chi connectivity index (χ2v) is 9.50. The Morgan fingerprint density at radius 3 is 2.00 bits per heavy atom. The van der Waals surface area contributed by atoms with Crippen LogP contribution in [0.5, 0.6) is 0 Å². The van der Waals surface area contributed by atoms with Crippen molar-refractivity contribution in [3.63, 3.8) is 0 Å². The Hall–Kier alpha value is -4.23. The van der Waals surface area contributed by atoms with Crippen molar-refractivity contribution in [2.45, 2.75) is 11.4 Å². The minimum atomic E-state index is -4.03. The Bertz CT molecular complexity index is 1470. The molecule has 0 fully saturated rings. The van der Waals surface area contributed by atoms with Gasteiger partial charge in [0, 0.05) is 11.8 Å². The van der Waals surface area contributed by atoms with E-state index in [0.29, 0.717) is 11.5 Å². The highest BCUT2D eigenvalue weighted by atomic mass is 32.2. The zero-order valence-electron chi connectivity index (χ0n) is 18.3. The molecule has 0 N–H and O–H groups in total. The zero-order valence-corrected chi connectivity index (χ0v) is 19.1. The molecule has 0 atom stereocenters. The van der Waals surface area contributed by atoms with E-state index >= 15 is 0 Å². The number of aromatic nitrogens is 3. The van der Waals surface area contributed by atoms with Crippen molar-refractivity contribution in [3.05, 3.63) is 127 Å². The summed E-state index contributed by atoms with van der Waals surface area (Å²) in [5.41, 5.74) is 2.73. The van der Waals surface area contributed by atoms with Gasteiger partial charge in [-0.05, 0) is 29.8 Å². The third-order valence-electron chi connectivity index (χ3n) is 5.39. The van der Waals surface area contributed by atoms with Gasteiger partial charge in [0.1, 0.15) is 16.4 Å². The molecule has 168 valence electrons. The number of sulfonamides is 1. The summed E-state index contributed by atoms with van der Waals surface area (Å²) in [5.74, 6) is 0.345. The van der Waals surface area contributed by atoms with E-state index in [1.54, 1.807) is 35.3 Å². The first kappa shape index (κ1) is 21.6. The normalized spacial score (nSPS) is 11.3. The maximum atomic E-state index is 14.2. The van der Waals surface area contributed by atoms with Crippen LogP contribution in [-0.2, 0) is 16.6 Å². The van der Waals surface area contributed by atoms with Gasteiger partial charge in [-0.25, -0.2) is 22.4 Å². The van der Waals surface area contributed by atoms with Gasteiger partial charge in [0.05, 0.1) is 18.4 Å². The fourth-order valence-corrected chi connectivity index (χ4v) is 5.26. The molecule has 0 aliphatic rings. The number of para-hydroxylation sites is 1. The van der Waals surface area contributed by atoms with Crippen molar-refractivity contribution in [1.29, 1.82) is 0 Å². The highest BCUT2D eigenvalue weighted by molar-refractivity contribution is 7.93. The van der Waals surface area contributed by atoms with Crippen LogP contribution in [0, 0.1) is 0 Å². The zero-order chi connectivity index (χ0) is 23.4. The standard InChI is InChI=1S/C27H22N4O2S/c32-34(33,31(26-18-10-11-19-28-26)20-22-12-4-1-5-13-22)25-21-30(24-16-8-3-9-17-24)29-27(25)23-14-6-2-7-15-23/h1-19,21H,20H2. The van der Waals surface area contributed by atoms with E-state index in [0.717, 1.165) is 16.8 Å². The summed E-state index contributed by atoms with van der Waals surface area (Å²) in [6.45, 7) is 0.144. The minimum Gasteiger partial charge on any atom is -0.245 e. The monoisotopic (exact) mass is 466 g/mol. The molecule has 5 rings (SSSR count). The van der Waals surface area contributed by atoms with Crippen LogP contribution in [0.15, 0.2) is 126 Å². The summed E-state index contributed by atoms with van der Waals surface area (Å²) in [4.78, 5) is 4.47. The van der Waals surface area contributed by atoms with E-state index in [2.05, 4.69) is 4.98 Å². The van der Waals surface area contributed by atoms with E-state index in [9.17, 15) is 8.42 Å². The average Bonchev–Trinajstić information content (AvgIpc) is 3.36. The third-order valence-corrected chi connectivity index (χ3v) is 7.14. The quantitative estimate of drug-likeness (QED) is 0.325. The van der Waals surface area contributed by atoms with Gasteiger partial charge in [0.2, 0.25) is 0 Å². The lowest BCUT2D eigenvalue weighted by atomic mass is 10.2. The summed E-state index contributed by atoms with van der Waals surface area (Å²) < 4.78 is 31.4. The third kappa shape index (κ3) is 4.33. The van der Waals surface area contributed by atoms with Gasteiger partial charge in [-0.3, -0.25) is 0 Å². The Labute approximate surface area is 198 Å². The van der Waals surface area contributed by atoms with E-state index < -0.39 is 10.0 Å². The van der Waals surface area contributed by atoms with Gasteiger partial charge in [0.15, 0.2) is 0 Å². The minimum absolute atomic E-state index is 0.115. The molecular weight excluding hydrogens is 444 g/mol. The number of nitrogens with zero attached hydrogens (tertiary/aromatic N) is 4. The van der Waals surface area contributed by atoms with Crippen LogP contribution < -0.4 is 4.31 Å². The van der Waals surface area contributed by atoms with Gasteiger partial charge in [-0.15, -0.1) is 0 Å². The van der Waals surface area contributed by atoms with Gasteiger partial charge >= 0.3 is 0 Å². The number of hydrogen-bond donors (Lipinski definition) is 0. The number of pyridine rings is 1. The molecule has 0 aliphatic carbocycles. The van der Waals surface area contributed by atoms with E-state index in [1.807, 2.05) is 91.0 Å². The molecule has 0 saturated heterocycles. The number of anilines is 1. The predicted octanol–water partition coefficient (Wildman–Crippen LogP) is 5.33. The van der Waals surface area contributed by atoms with Crippen LogP contribution in [-0.4, -0.2) is 23.2 Å². The Morgan fingerprint density at radius 2 is 1.35 bits per heavy atom. The predicted molar refractivity (Wildman–Crippen MR) is 133 cm³/mol.